The summed E-state index contributed by atoms with van der Waals surface area (Å²) in [5.74, 6) is 1.71. The summed E-state index contributed by atoms with van der Waals surface area (Å²) < 4.78 is 5.16. The van der Waals surface area contributed by atoms with Crippen molar-refractivity contribution in [2.45, 2.75) is 18.0 Å². The first-order valence-electron chi connectivity index (χ1n) is 9.71. The quantitative estimate of drug-likeness (QED) is 0.462. The van der Waals surface area contributed by atoms with Crippen LogP contribution in [0.3, 0.4) is 0 Å². The predicted octanol–water partition coefficient (Wildman–Crippen LogP) is 5.04. The van der Waals surface area contributed by atoms with E-state index in [1.807, 2.05) is 11.9 Å². The van der Waals surface area contributed by atoms with E-state index in [2.05, 4.69) is 84.9 Å². The van der Waals surface area contributed by atoms with Gasteiger partial charge in [-0.15, -0.1) is 0 Å². The summed E-state index contributed by atoms with van der Waals surface area (Å²) in [5, 5.41) is 1.05. The van der Waals surface area contributed by atoms with E-state index in [4.69, 9.17) is 4.74 Å². The summed E-state index contributed by atoms with van der Waals surface area (Å²) in [7, 11) is 1.48. The molecule has 0 radical (unpaired) electrons. The minimum Gasteiger partial charge on any atom is -0.466 e. The van der Waals surface area contributed by atoms with Gasteiger partial charge >= 0.3 is 5.97 Å². The number of ether oxygens (including phenoxy) is 1. The Bertz CT molecular complexity index is 955. The molecule has 142 valence electrons. The summed E-state index contributed by atoms with van der Waals surface area (Å²) in [5.41, 5.74) is 2.58. The first-order chi connectivity index (χ1) is 13.7. The molecular weight excluding hydrogens is 363 g/mol. The van der Waals surface area contributed by atoms with Crippen LogP contribution in [-0.4, -0.2) is 25.0 Å². The summed E-state index contributed by atoms with van der Waals surface area (Å²) in [6, 6.07) is 32.0. The minimum atomic E-state index is -2.06. The lowest BCUT2D eigenvalue weighted by atomic mass is 9.87. The monoisotopic (exact) mass is 388 g/mol. The van der Waals surface area contributed by atoms with E-state index in [-0.39, 0.29) is 11.1 Å². The molecule has 28 heavy (non-hydrogen) atoms. The SMILES string of the molecule is COC(=O)C=P1(c2ccccc2)CCCC1(c1ccccc1)c1ccccc1. The van der Waals surface area contributed by atoms with E-state index < -0.39 is 6.89 Å². The molecule has 0 aliphatic carbocycles. The molecule has 0 aromatic heterocycles. The normalized spacial score (nSPS) is 20.5. The number of hydrogen-bond donors (Lipinski definition) is 0. The molecule has 3 heteroatoms. The Morgan fingerprint density at radius 3 is 1.86 bits per heavy atom. The smallest absolute Gasteiger partial charge is 0.330 e. The van der Waals surface area contributed by atoms with Crippen LogP contribution in [0.5, 0.6) is 0 Å². The van der Waals surface area contributed by atoms with E-state index in [1.165, 1.54) is 23.5 Å². The van der Waals surface area contributed by atoms with Crippen molar-refractivity contribution < 1.29 is 9.53 Å². The lowest BCUT2D eigenvalue weighted by Gasteiger charge is -2.43. The Labute approximate surface area is 167 Å². The third-order valence-electron chi connectivity index (χ3n) is 5.98. The molecule has 1 aliphatic heterocycles. The molecule has 0 spiro atoms. The molecule has 1 aliphatic rings. The summed E-state index contributed by atoms with van der Waals surface area (Å²) in [6.07, 6.45) is 3.12. The average molecular weight is 388 g/mol. The standard InChI is InChI=1S/C25H25O2P/c1-27-24(26)20-28(23-16-9-4-10-17-23)19-11-18-25(28,21-12-5-2-6-13-21)22-14-7-3-8-15-22/h2-10,12-17,20H,11,18-19H2,1H3. The highest BCUT2D eigenvalue weighted by molar-refractivity contribution is 7.84. The number of carbonyl (C=O) groups is 1. The molecular formula is C25H25O2P. The second kappa shape index (κ2) is 7.81. The van der Waals surface area contributed by atoms with Gasteiger partial charge in [-0.1, -0.05) is 97.9 Å². The fourth-order valence-corrected chi connectivity index (χ4v) is 10.0. The Balaban J connectivity index is 2.12. The van der Waals surface area contributed by atoms with Gasteiger partial charge in [-0.2, -0.15) is 0 Å². The van der Waals surface area contributed by atoms with Crippen molar-refractivity contribution in [2.24, 2.45) is 0 Å². The fourth-order valence-electron chi connectivity index (χ4n) is 4.84. The average Bonchev–Trinajstić information content (AvgIpc) is 3.16. The molecule has 1 atom stereocenters. The zero-order valence-electron chi connectivity index (χ0n) is 16.1. The van der Waals surface area contributed by atoms with Gasteiger partial charge in [-0.25, -0.2) is 4.79 Å². The van der Waals surface area contributed by atoms with Crippen LogP contribution in [0.2, 0.25) is 0 Å². The predicted molar refractivity (Wildman–Crippen MR) is 119 cm³/mol. The highest BCUT2D eigenvalue weighted by Gasteiger charge is 2.51. The third kappa shape index (κ3) is 2.93. The van der Waals surface area contributed by atoms with Crippen molar-refractivity contribution in [3.63, 3.8) is 0 Å². The van der Waals surface area contributed by atoms with Crippen molar-refractivity contribution in [1.82, 2.24) is 0 Å². The number of benzene rings is 3. The number of methoxy groups -OCH3 is 1. The number of carbonyl (C=O) groups excluding carboxylic acids is 1. The summed E-state index contributed by atoms with van der Waals surface area (Å²) >= 11 is 0. The summed E-state index contributed by atoms with van der Waals surface area (Å²) in [4.78, 5) is 12.6. The van der Waals surface area contributed by atoms with Crippen LogP contribution in [0.4, 0.5) is 0 Å². The van der Waals surface area contributed by atoms with Crippen molar-refractivity contribution in [2.75, 3.05) is 13.3 Å². The van der Waals surface area contributed by atoms with Gasteiger partial charge in [0.2, 0.25) is 0 Å². The van der Waals surface area contributed by atoms with Crippen LogP contribution in [0, 0.1) is 0 Å². The van der Waals surface area contributed by atoms with Gasteiger partial charge in [0.15, 0.2) is 0 Å². The molecule has 1 fully saturated rings. The molecule has 1 saturated heterocycles. The summed E-state index contributed by atoms with van der Waals surface area (Å²) in [6.45, 7) is -2.06. The number of hydrogen-bond acceptors (Lipinski definition) is 2. The second-order valence-corrected chi connectivity index (χ2v) is 11.0. The number of rotatable bonds is 4. The lowest BCUT2D eigenvalue weighted by molar-refractivity contribution is -0.132. The number of esters is 1. The highest BCUT2D eigenvalue weighted by atomic mass is 31.2. The van der Waals surface area contributed by atoms with Gasteiger partial charge < -0.3 is 4.74 Å². The zero-order chi connectivity index (χ0) is 19.5. The van der Waals surface area contributed by atoms with Crippen LogP contribution in [-0.2, 0) is 14.7 Å². The van der Waals surface area contributed by atoms with E-state index >= 15 is 0 Å². The first kappa shape index (κ1) is 18.8. The van der Waals surface area contributed by atoms with E-state index in [9.17, 15) is 4.79 Å². The van der Waals surface area contributed by atoms with Crippen molar-refractivity contribution >= 4 is 24.0 Å². The molecule has 0 saturated carbocycles. The van der Waals surface area contributed by atoms with Crippen LogP contribution in [0.1, 0.15) is 24.0 Å². The van der Waals surface area contributed by atoms with E-state index in [0.29, 0.717) is 0 Å². The lowest BCUT2D eigenvalue weighted by Crippen LogP contribution is -2.31. The van der Waals surface area contributed by atoms with Gasteiger partial charge in [0.25, 0.3) is 0 Å². The minimum absolute atomic E-state index is 0.217. The van der Waals surface area contributed by atoms with Crippen LogP contribution < -0.4 is 5.30 Å². The van der Waals surface area contributed by atoms with Crippen LogP contribution in [0.25, 0.3) is 0 Å². The molecule has 4 rings (SSSR count). The van der Waals surface area contributed by atoms with Gasteiger partial charge in [0.1, 0.15) is 0 Å². The van der Waals surface area contributed by atoms with Gasteiger partial charge in [-0.3, -0.25) is 0 Å². The molecule has 1 heterocycles. The van der Waals surface area contributed by atoms with Crippen LogP contribution >= 0.6 is 6.89 Å². The molecule has 0 amide bonds. The van der Waals surface area contributed by atoms with E-state index in [0.717, 1.165) is 19.0 Å². The zero-order valence-corrected chi connectivity index (χ0v) is 17.0. The Morgan fingerprint density at radius 1 is 0.857 bits per heavy atom. The van der Waals surface area contributed by atoms with Gasteiger partial charge in [0, 0.05) is 11.0 Å². The molecule has 0 N–H and O–H groups in total. The molecule has 3 aromatic carbocycles. The topological polar surface area (TPSA) is 26.3 Å². The Hall–Kier alpha value is -2.57. The molecule has 3 aromatic rings. The maximum atomic E-state index is 12.6. The highest BCUT2D eigenvalue weighted by Crippen LogP contribution is 2.72. The van der Waals surface area contributed by atoms with Gasteiger partial charge in [0.05, 0.1) is 7.11 Å². The van der Waals surface area contributed by atoms with Crippen molar-refractivity contribution in [3.8, 4) is 0 Å². The van der Waals surface area contributed by atoms with Crippen molar-refractivity contribution in [3.05, 3.63) is 102 Å². The maximum absolute atomic E-state index is 12.6. The molecule has 2 nitrogen and oxygen atoms in total. The molecule has 1 unspecified atom stereocenters. The fraction of sp³-hybridized carbons (Fsp3) is 0.200. The van der Waals surface area contributed by atoms with E-state index in [1.54, 1.807) is 0 Å². The van der Waals surface area contributed by atoms with Crippen LogP contribution in [0.15, 0.2) is 91.0 Å². The Kier molecular flexibility index (Phi) is 5.24. The van der Waals surface area contributed by atoms with Crippen molar-refractivity contribution in [1.29, 1.82) is 0 Å². The third-order valence-corrected chi connectivity index (χ3v) is 11.0. The molecule has 0 bridgehead atoms. The first-order valence-corrected chi connectivity index (χ1v) is 11.8. The second-order valence-electron chi connectivity index (χ2n) is 7.28. The van der Waals surface area contributed by atoms with Gasteiger partial charge in [-0.05, 0) is 35.4 Å². The largest absolute Gasteiger partial charge is 0.466 e. The Morgan fingerprint density at radius 2 is 1.36 bits per heavy atom. The maximum Gasteiger partial charge on any atom is 0.330 e.